The number of methoxy groups -OCH3 is 1. The highest BCUT2D eigenvalue weighted by atomic mass is 16.5. The first kappa shape index (κ1) is 19.9. The van der Waals surface area contributed by atoms with E-state index in [4.69, 9.17) is 9.72 Å². The van der Waals surface area contributed by atoms with E-state index in [1.54, 1.807) is 7.11 Å². The summed E-state index contributed by atoms with van der Waals surface area (Å²) < 4.78 is 7.27. The Morgan fingerprint density at radius 2 is 2.00 bits per heavy atom. The molecule has 0 bridgehead atoms. The van der Waals surface area contributed by atoms with Crippen LogP contribution in [-0.4, -0.2) is 22.4 Å². The van der Waals surface area contributed by atoms with Crippen molar-refractivity contribution in [3.8, 4) is 17.0 Å². The summed E-state index contributed by atoms with van der Waals surface area (Å²) in [6.07, 6.45) is 3.39. The predicted octanol–water partition coefficient (Wildman–Crippen LogP) is 5.41. The molecule has 2 aromatic heterocycles. The van der Waals surface area contributed by atoms with Gasteiger partial charge in [-0.05, 0) is 42.0 Å². The minimum atomic E-state index is 0.00606. The molecule has 0 saturated heterocycles. The first-order chi connectivity index (χ1) is 13.3. The van der Waals surface area contributed by atoms with Crippen molar-refractivity contribution in [1.82, 2.24) is 9.38 Å². The van der Waals surface area contributed by atoms with Crippen LogP contribution < -0.4 is 10.1 Å². The smallest absolute Gasteiger partial charge is 0.225 e. The number of nitrogens with one attached hydrogen (secondary N) is 1. The van der Waals surface area contributed by atoms with Crippen LogP contribution in [0.25, 0.3) is 16.9 Å². The maximum atomic E-state index is 12.8. The van der Waals surface area contributed by atoms with Crippen molar-refractivity contribution in [2.45, 2.75) is 40.5 Å². The molecule has 2 heterocycles. The fourth-order valence-corrected chi connectivity index (χ4v) is 3.70. The molecule has 1 atom stereocenters. The SMILES string of the molecule is COc1cccc(-c2nc3ccccn3c2NC(=O)C[C@H](C)CC(C)(C)C)c1. The summed E-state index contributed by atoms with van der Waals surface area (Å²) in [5.41, 5.74) is 2.63. The van der Waals surface area contributed by atoms with Gasteiger partial charge in [-0.2, -0.15) is 0 Å². The Hall–Kier alpha value is -2.82. The molecule has 0 aliphatic rings. The van der Waals surface area contributed by atoms with Gasteiger partial charge in [0, 0.05) is 18.2 Å². The number of pyridine rings is 1. The summed E-state index contributed by atoms with van der Waals surface area (Å²) in [6, 6.07) is 13.5. The van der Waals surface area contributed by atoms with Crippen LogP contribution in [0.3, 0.4) is 0 Å². The van der Waals surface area contributed by atoms with Crippen molar-refractivity contribution in [2.75, 3.05) is 12.4 Å². The van der Waals surface area contributed by atoms with Crippen LogP contribution in [0, 0.1) is 11.3 Å². The lowest BCUT2D eigenvalue weighted by Gasteiger charge is -2.22. The molecule has 3 aromatic rings. The van der Waals surface area contributed by atoms with Gasteiger partial charge in [0.05, 0.1) is 7.11 Å². The summed E-state index contributed by atoms with van der Waals surface area (Å²) in [5, 5.41) is 3.11. The van der Waals surface area contributed by atoms with Gasteiger partial charge in [0.15, 0.2) is 0 Å². The highest BCUT2D eigenvalue weighted by Gasteiger charge is 2.20. The third-order valence-corrected chi connectivity index (χ3v) is 4.63. The summed E-state index contributed by atoms with van der Waals surface area (Å²) in [7, 11) is 1.64. The second-order valence-electron chi connectivity index (χ2n) is 8.59. The lowest BCUT2D eigenvalue weighted by Crippen LogP contribution is -2.19. The van der Waals surface area contributed by atoms with Crippen LogP contribution in [-0.2, 0) is 4.79 Å². The molecule has 1 N–H and O–H groups in total. The topological polar surface area (TPSA) is 55.6 Å². The van der Waals surface area contributed by atoms with E-state index in [1.165, 1.54) is 0 Å². The average Bonchev–Trinajstić information content (AvgIpc) is 2.98. The van der Waals surface area contributed by atoms with Crippen LogP contribution in [0.4, 0.5) is 5.82 Å². The molecule has 0 spiro atoms. The summed E-state index contributed by atoms with van der Waals surface area (Å²) in [6.45, 7) is 8.73. The number of hydrogen-bond acceptors (Lipinski definition) is 3. The summed E-state index contributed by atoms with van der Waals surface area (Å²) in [4.78, 5) is 17.5. The van der Waals surface area contributed by atoms with Gasteiger partial charge in [-0.1, -0.05) is 45.9 Å². The van der Waals surface area contributed by atoms with Crippen LogP contribution >= 0.6 is 0 Å². The number of carbonyl (C=O) groups excluding carboxylic acids is 1. The first-order valence-electron chi connectivity index (χ1n) is 9.68. The Bertz CT molecular complexity index is 969. The lowest BCUT2D eigenvalue weighted by molar-refractivity contribution is -0.117. The molecule has 1 amide bonds. The molecule has 0 radical (unpaired) electrons. The van der Waals surface area contributed by atoms with Gasteiger partial charge in [0.1, 0.15) is 22.9 Å². The van der Waals surface area contributed by atoms with Crippen LogP contribution in [0.15, 0.2) is 48.7 Å². The molecule has 28 heavy (non-hydrogen) atoms. The van der Waals surface area contributed by atoms with Crippen LogP contribution in [0.1, 0.15) is 40.5 Å². The van der Waals surface area contributed by atoms with Gasteiger partial charge >= 0.3 is 0 Å². The number of hydrogen-bond donors (Lipinski definition) is 1. The maximum absolute atomic E-state index is 12.8. The Kier molecular flexibility index (Phi) is 5.73. The lowest BCUT2D eigenvalue weighted by atomic mass is 9.84. The highest BCUT2D eigenvalue weighted by Crippen LogP contribution is 2.32. The Morgan fingerprint density at radius 3 is 2.71 bits per heavy atom. The number of nitrogens with zero attached hydrogens (tertiary/aromatic N) is 2. The normalized spacial score (nSPS) is 12.8. The summed E-state index contributed by atoms with van der Waals surface area (Å²) >= 11 is 0. The molecular weight excluding hydrogens is 350 g/mol. The van der Waals surface area contributed by atoms with Gasteiger partial charge in [-0.3, -0.25) is 9.20 Å². The molecule has 148 valence electrons. The number of anilines is 1. The molecule has 1 aromatic carbocycles. The zero-order valence-corrected chi connectivity index (χ0v) is 17.3. The maximum Gasteiger partial charge on any atom is 0.225 e. The molecule has 0 aliphatic carbocycles. The summed E-state index contributed by atoms with van der Waals surface area (Å²) in [5.74, 6) is 1.76. The molecular formula is C23H29N3O2. The number of ether oxygens (including phenoxy) is 1. The van der Waals surface area contributed by atoms with Crippen LogP contribution in [0.5, 0.6) is 5.75 Å². The highest BCUT2D eigenvalue weighted by molar-refractivity contribution is 5.94. The average molecular weight is 380 g/mol. The standard InChI is InChI=1S/C23H29N3O2/c1-16(15-23(2,3)4)13-20(27)25-22-21(17-9-8-10-18(14-17)28-5)24-19-11-6-7-12-26(19)22/h6-12,14,16H,13,15H2,1-5H3,(H,25,27)/t16-/m0/s1. The minimum absolute atomic E-state index is 0.00606. The van der Waals surface area contributed by atoms with E-state index in [0.717, 1.165) is 29.1 Å². The van der Waals surface area contributed by atoms with Crippen molar-refractivity contribution < 1.29 is 9.53 Å². The van der Waals surface area contributed by atoms with Crippen LogP contribution in [0.2, 0.25) is 0 Å². The van der Waals surface area contributed by atoms with Gasteiger partial charge in [-0.15, -0.1) is 0 Å². The number of carbonyl (C=O) groups is 1. The van der Waals surface area contributed by atoms with Crippen molar-refractivity contribution in [3.05, 3.63) is 48.7 Å². The Labute approximate surface area is 166 Å². The number of fused-ring (bicyclic) bond motifs is 1. The molecule has 3 rings (SSSR count). The largest absolute Gasteiger partial charge is 0.497 e. The van der Waals surface area contributed by atoms with E-state index in [0.29, 0.717) is 18.2 Å². The molecule has 0 saturated carbocycles. The third-order valence-electron chi connectivity index (χ3n) is 4.63. The quantitative estimate of drug-likeness (QED) is 0.623. The van der Waals surface area contributed by atoms with Gasteiger partial charge in [0.25, 0.3) is 0 Å². The van der Waals surface area contributed by atoms with E-state index in [2.05, 4.69) is 33.0 Å². The Balaban J connectivity index is 1.92. The van der Waals surface area contributed by atoms with Crippen molar-refractivity contribution >= 4 is 17.4 Å². The number of benzene rings is 1. The number of amides is 1. The van der Waals surface area contributed by atoms with E-state index in [9.17, 15) is 4.79 Å². The number of rotatable bonds is 6. The Morgan fingerprint density at radius 1 is 1.21 bits per heavy atom. The molecule has 0 aliphatic heterocycles. The molecule has 5 nitrogen and oxygen atoms in total. The van der Waals surface area contributed by atoms with Crippen molar-refractivity contribution in [2.24, 2.45) is 11.3 Å². The van der Waals surface area contributed by atoms with Crippen molar-refractivity contribution in [1.29, 1.82) is 0 Å². The minimum Gasteiger partial charge on any atom is -0.497 e. The zero-order chi connectivity index (χ0) is 20.3. The number of imidazole rings is 1. The monoisotopic (exact) mass is 379 g/mol. The molecule has 5 heteroatoms. The second kappa shape index (κ2) is 8.05. The first-order valence-corrected chi connectivity index (χ1v) is 9.68. The van der Waals surface area contributed by atoms with E-state index in [1.807, 2.05) is 53.1 Å². The fourth-order valence-electron chi connectivity index (χ4n) is 3.70. The molecule has 0 unspecified atom stereocenters. The van der Waals surface area contributed by atoms with Crippen molar-refractivity contribution in [3.63, 3.8) is 0 Å². The van der Waals surface area contributed by atoms with Gasteiger partial charge in [0.2, 0.25) is 5.91 Å². The fraction of sp³-hybridized carbons (Fsp3) is 0.391. The van der Waals surface area contributed by atoms with Gasteiger partial charge in [-0.25, -0.2) is 4.98 Å². The van der Waals surface area contributed by atoms with E-state index in [-0.39, 0.29) is 11.3 Å². The third kappa shape index (κ3) is 4.71. The number of aromatic nitrogens is 2. The molecule has 0 fully saturated rings. The van der Waals surface area contributed by atoms with E-state index < -0.39 is 0 Å². The van der Waals surface area contributed by atoms with Gasteiger partial charge < -0.3 is 10.1 Å². The predicted molar refractivity (Wildman–Crippen MR) is 114 cm³/mol. The van der Waals surface area contributed by atoms with E-state index >= 15 is 0 Å². The second-order valence-corrected chi connectivity index (χ2v) is 8.59. The zero-order valence-electron chi connectivity index (χ0n) is 17.3.